The van der Waals surface area contributed by atoms with E-state index in [1.165, 1.54) is 0 Å². The maximum absolute atomic E-state index is 11.5. The van der Waals surface area contributed by atoms with Gasteiger partial charge in [0.15, 0.2) is 0 Å². The molecule has 0 unspecified atom stereocenters. The molecule has 1 aromatic carbocycles. The number of ether oxygens (including phenoxy) is 1. The van der Waals surface area contributed by atoms with Crippen molar-refractivity contribution in [1.82, 2.24) is 5.32 Å². The zero-order chi connectivity index (χ0) is 14.3. The molecule has 0 aliphatic heterocycles. The lowest BCUT2D eigenvalue weighted by molar-refractivity contribution is -0.121. The third-order valence-electron chi connectivity index (χ3n) is 2.48. The Balaban J connectivity index is 2.27. The van der Waals surface area contributed by atoms with E-state index in [1.807, 2.05) is 6.92 Å². The van der Waals surface area contributed by atoms with Crippen LogP contribution in [0.25, 0.3) is 0 Å². The number of hydrogen-bond donors (Lipinski definition) is 2. The van der Waals surface area contributed by atoms with E-state index in [0.29, 0.717) is 41.8 Å². The summed E-state index contributed by atoms with van der Waals surface area (Å²) < 4.78 is 5.48. The van der Waals surface area contributed by atoms with Gasteiger partial charge in [-0.25, -0.2) is 0 Å². The van der Waals surface area contributed by atoms with Crippen LogP contribution in [0, 0.1) is 0 Å². The summed E-state index contributed by atoms with van der Waals surface area (Å²) in [5.41, 5.74) is 5.42. The Kier molecular flexibility index (Phi) is 6.99. The summed E-state index contributed by atoms with van der Waals surface area (Å²) in [7, 11) is 0. The Morgan fingerprint density at radius 1 is 1.47 bits per heavy atom. The zero-order valence-electron chi connectivity index (χ0n) is 10.8. The first kappa shape index (κ1) is 16.1. The SMILES string of the molecule is C[C@@H](CN)NC(=O)CCCOc1cccc(Cl)c1Cl. The van der Waals surface area contributed by atoms with Gasteiger partial charge < -0.3 is 15.8 Å². The summed E-state index contributed by atoms with van der Waals surface area (Å²) in [5.74, 6) is 0.503. The number of carbonyl (C=O) groups is 1. The van der Waals surface area contributed by atoms with Crippen LogP contribution in [-0.4, -0.2) is 25.1 Å². The molecule has 0 saturated carbocycles. The number of amides is 1. The van der Waals surface area contributed by atoms with Gasteiger partial charge in [-0.2, -0.15) is 0 Å². The standard InChI is InChI=1S/C13H18Cl2N2O2/c1-9(8-16)17-12(18)6-3-7-19-11-5-2-4-10(14)13(11)15/h2,4-5,9H,3,6-8,16H2,1H3,(H,17,18)/t9-/m0/s1. The lowest BCUT2D eigenvalue weighted by Gasteiger charge is -2.12. The van der Waals surface area contributed by atoms with Crippen molar-refractivity contribution in [3.63, 3.8) is 0 Å². The number of halogens is 2. The molecule has 19 heavy (non-hydrogen) atoms. The second-order valence-corrected chi connectivity index (χ2v) is 4.99. The highest BCUT2D eigenvalue weighted by Gasteiger charge is 2.07. The molecule has 6 heteroatoms. The fourth-order valence-corrected chi connectivity index (χ4v) is 1.76. The molecule has 0 fully saturated rings. The third-order valence-corrected chi connectivity index (χ3v) is 3.28. The Morgan fingerprint density at radius 2 is 2.21 bits per heavy atom. The van der Waals surface area contributed by atoms with E-state index >= 15 is 0 Å². The molecule has 1 aromatic rings. The summed E-state index contributed by atoms with van der Waals surface area (Å²) in [6, 6.07) is 5.19. The summed E-state index contributed by atoms with van der Waals surface area (Å²) in [6.45, 7) is 2.70. The number of benzene rings is 1. The van der Waals surface area contributed by atoms with E-state index in [-0.39, 0.29) is 11.9 Å². The minimum Gasteiger partial charge on any atom is -0.492 e. The second-order valence-electron chi connectivity index (χ2n) is 4.21. The van der Waals surface area contributed by atoms with Gasteiger partial charge in [0.2, 0.25) is 5.91 Å². The Hall–Kier alpha value is -0.970. The summed E-state index contributed by atoms with van der Waals surface area (Å²) in [6.07, 6.45) is 0.995. The third kappa shape index (κ3) is 5.68. The summed E-state index contributed by atoms with van der Waals surface area (Å²) >= 11 is 11.8. The average molecular weight is 305 g/mol. The van der Waals surface area contributed by atoms with Crippen LogP contribution in [0.15, 0.2) is 18.2 Å². The van der Waals surface area contributed by atoms with Crippen LogP contribution in [0.4, 0.5) is 0 Å². The highest BCUT2D eigenvalue weighted by molar-refractivity contribution is 6.42. The van der Waals surface area contributed by atoms with Gasteiger partial charge in [0.1, 0.15) is 10.8 Å². The minimum absolute atomic E-state index is 0.00390. The van der Waals surface area contributed by atoms with Crippen LogP contribution in [0.3, 0.4) is 0 Å². The van der Waals surface area contributed by atoms with Crippen LogP contribution in [-0.2, 0) is 4.79 Å². The van der Waals surface area contributed by atoms with Gasteiger partial charge in [-0.15, -0.1) is 0 Å². The molecule has 4 nitrogen and oxygen atoms in total. The van der Waals surface area contributed by atoms with Crippen molar-refractivity contribution in [2.45, 2.75) is 25.8 Å². The van der Waals surface area contributed by atoms with Crippen molar-refractivity contribution in [3.05, 3.63) is 28.2 Å². The molecule has 0 spiro atoms. The van der Waals surface area contributed by atoms with Gasteiger partial charge in [-0.05, 0) is 25.5 Å². The molecule has 3 N–H and O–H groups in total. The van der Waals surface area contributed by atoms with E-state index < -0.39 is 0 Å². The number of nitrogens with two attached hydrogens (primary N) is 1. The van der Waals surface area contributed by atoms with Gasteiger partial charge in [0, 0.05) is 19.0 Å². The molecule has 0 aliphatic carbocycles. The normalized spacial score (nSPS) is 12.0. The lowest BCUT2D eigenvalue weighted by atomic mass is 10.2. The monoisotopic (exact) mass is 304 g/mol. The molecular formula is C13H18Cl2N2O2. The maximum atomic E-state index is 11.5. The molecule has 0 aromatic heterocycles. The van der Waals surface area contributed by atoms with Crippen LogP contribution in [0.2, 0.25) is 10.0 Å². The average Bonchev–Trinajstić information content (AvgIpc) is 2.39. The van der Waals surface area contributed by atoms with E-state index in [9.17, 15) is 4.79 Å². The molecule has 0 bridgehead atoms. The fraction of sp³-hybridized carbons (Fsp3) is 0.462. The Labute approximate surface area is 123 Å². The fourth-order valence-electron chi connectivity index (χ4n) is 1.42. The smallest absolute Gasteiger partial charge is 0.220 e. The first-order valence-electron chi connectivity index (χ1n) is 6.10. The molecule has 1 rings (SSSR count). The first-order chi connectivity index (χ1) is 9.04. The van der Waals surface area contributed by atoms with Crippen LogP contribution < -0.4 is 15.8 Å². The molecule has 0 heterocycles. The number of carbonyl (C=O) groups excluding carboxylic acids is 1. The number of rotatable bonds is 7. The quantitative estimate of drug-likeness (QED) is 0.761. The highest BCUT2D eigenvalue weighted by atomic mass is 35.5. The van der Waals surface area contributed by atoms with Gasteiger partial charge >= 0.3 is 0 Å². The van der Waals surface area contributed by atoms with Crippen molar-refractivity contribution in [3.8, 4) is 5.75 Å². The molecular weight excluding hydrogens is 287 g/mol. The van der Waals surface area contributed by atoms with Crippen molar-refractivity contribution in [2.24, 2.45) is 5.73 Å². The van der Waals surface area contributed by atoms with Gasteiger partial charge in [0.05, 0.1) is 11.6 Å². The maximum Gasteiger partial charge on any atom is 0.220 e. The number of nitrogens with one attached hydrogen (secondary N) is 1. The van der Waals surface area contributed by atoms with E-state index in [4.69, 9.17) is 33.7 Å². The molecule has 0 aliphatic rings. The molecule has 1 amide bonds. The van der Waals surface area contributed by atoms with Crippen LogP contribution >= 0.6 is 23.2 Å². The molecule has 1 atom stereocenters. The van der Waals surface area contributed by atoms with E-state index in [0.717, 1.165) is 0 Å². The molecule has 0 saturated heterocycles. The topological polar surface area (TPSA) is 64.3 Å². The van der Waals surface area contributed by atoms with Gasteiger partial charge in [-0.3, -0.25) is 4.79 Å². The van der Waals surface area contributed by atoms with E-state index in [2.05, 4.69) is 5.32 Å². The molecule has 0 radical (unpaired) electrons. The van der Waals surface area contributed by atoms with Gasteiger partial charge in [-0.1, -0.05) is 29.3 Å². The van der Waals surface area contributed by atoms with Crippen LogP contribution in [0.1, 0.15) is 19.8 Å². The Bertz CT molecular complexity index is 427. The van der Waals surface area contributed by atoms with E-state index in [1.54, 1.807) is 18.2 Å². The van der Waals surface area contributed by atoms with Crippen molar-refractivity contribution in [2.75, 3.05) is 13.2 Å². The summed E-state index contributed by atoms with van der Waals surface area (Å²) in [4.78, 5) is 11.5. The Morgan fingerprint density at radius 3 is 2.89 bits per heavy atom. The zero-order valence-corrected chi connectivity index (χ0v) is 12.3. The van der Waals surface area contributed by atoms with Crippen molar-refractivity contribution in [1.29, 1.82) is 0 Å². The first-order valence-corrected chi connectivity index (χ1v) is 6.86. The number of hydrogen-bond acceptors (Lipinski definition) is 3. The summed E-state index contributed by atoms with van der Waals surface area (Å²) in [5, 5.41) is 3.63. The lowest BCUT2D eigenvalue weighted by Crippen LogP contribution is -2.37. The van der Waals surface area contributed by atoms with Gasteiger partial charge in [0.25, 0.3) is 0 Å². The van der Waals surface area contributed by atoms with Crippen molar-refractivity contribution < 1.29 is 9.53 Å². The predicted octanol–water partition coefficient (Wildman–Crippen LogP) is 2.62. The largest absolute Gasteiger partial charge is 0.492 e. The minimum atomic E-state index is -0.0289. The molecule has 106 valence electrons. The predicted molar refractivity (Wildman–Crippen MR) is 77.9 cm³/mol. The second kappa shape index (κ2) is 8.25. The highest BCUT2D eigenvalue weighted by Crippen LogP contribution is 2.31. The van der Waals surface area contributed by atoms with Crippen molar-refractivity contribution >= 4 is 29.1 Å². The van der Waals surface area contributed by atoms with Crippen LogP contribution in [0.5, 0.6) is 5.75 Å².